The van der Waals surface area contributed by atoms with Crippen molar-refractivity contribution in [2.24, 2.45) is 17.8 Å². The highest BCUT2D eigenvalue weighted by Gasteiger charge is 2.43. The predicted molar refractivity (Wildman–Crippen MR) is 394 cm³/mol. The minimum Gasteiger partial charge on any atom is -0.274 e. The van der Waals surface area contributed by atoms with Gasteiger partial charge in [0.25, 0.3) is 11.8 Å². The molecule has 12 heteroatoms. The van der Waals surface area contributed by atoms with Gasteiger partial charge in [0.2, 0.25) is 0 Å². The maximum absolute atomic E-state index is 14.9. The van der Waals surface area contributed by atoms with Crippen molar-refractivity contribution in [3.05, 3.63) is 79.2 Å². The zero-order valence-corrected chi connectivity index (χ0v) is 60.8. The van der Waals surface area contributed by atoms with Gasteiger partial charge in [0.15, 0.2) is 0 Å². The van der Waals surface area contributed by atoms with Gasteiger partial charge in [0.05, 0.1) is 46.2 Å². The summed E-state index contributed by atoms with van der Waals surface area (Å²) in [6, 6.07) is 18.8. The molecule has 0 saturated heterocycles. The van der Waals surface area contributed by atoms with Crippen LogP contribution in [0.4, 0.5) is 0 Å². The summed E-state index contributed by atoms with van der Waals surface area (Å²) in [5.41, 5.74) is 5.80. The van der Waals surface area contributed by atoms with E-state index in [0.717, 1.165) is 122 Å². The summed E-state index contributed by atoms with van der Waals surface area (Å²) in [7, 11) is 0. The lowest BCUT2D eigenvalue weighted by atomic mass is 9.91. The molecule has 0 N–H and O–H groups in total. The predicted octanol–water partition coefficient (Wildman–Crippen LogP) is 27.0. The van der Waals surface area contributed by atoms with Crippen LogP contribution in [0.5, 0.6) is 0 Å². The van der Waals surface area contributed by atoms with E-state index in [4.69, 9.17) is 9.97 Å². The zero-order valence-electron chi connectivity index (χ0n) is 55.1. The highest BCUT2D eigenvalue weighted by Crippen LogP contribution is 2.54. The Labute approximate surface area is 559 Å². The molecule has 0 spiro atoms. The minimum absolute atomic E-state index is 0.0830. The van der Waals surface area contributed by atoms with E-state index in [1.165, 1.54) is 198 Å². The number of aryl methyl sites for hydroxylation is 2. The third kappa shape index (κ3) is 17.7. The Bertz CT molecular complexity index is 3280. The van der Waals surface area contributed by atoms with Gasteiger partial charge < -0.3 is 0 Å². The Morgan fingerprint density at radius 3 is 1.27 bits per heavy atom. The number of rotatable bonds is 43. The first-order chi connectivity index (χ1) is 43.1. The minimum atomic E-state index is -0.104. The van der Waals surface area contributed by atoms with Crippen LogP contribution in [0.1, 0.15) is 288 Å². The summed E-state index contributed by atoms with van der Waals surface area (Å²) in [6.45, 7) is 18.7. The Kier molecular flexibility index (Phi) is 27.9. The van der Waals surface area contributed by atoms with Crippen molar-refractivity contribution in [2.45, 2.75) is 274 Å². The van der Waals surface area contributed by atoms with Gasteiger partial charge in [0, 0.05) is 51.8 Å². The third-order valence-electron chi connectivity index (χ3n) is 18.7. The fraction of sp³-hybridized carbons (Fsp3) is 0.605. The summed E-state index contributed by atoms with van der Waals surface area (Å²) in [6.07, 6.45) is 42.5. The van der Waals surface area contributed by atoms with Gasteiger partial charge in [-0.25, -0.2) is 9.97 Å². The third-order valence-corrected chi connectivity index (χ3v) is 27.2. The van der Waals surface area contributed by atoms with Gasteiger partial charge in [-0.15, -0.1) is 79.4 Å². The standard InChI is InChI=1S/C76H105N3O2S7/c1-9-17-23-27-29-33-38-53(36-31-25-19-11-3)49-56-42-45-62(83-56)73-77-68-65(59-44-41-55(16-8)82-59)71-69(78-74(87-71)63-46-43-57(84-63)50-54(37-32-26-20-12-4)39-34-30-28-24-18-10-2)66(72(68)88-73)60-47-48-61(85-60)70-67-64(58(86-70)40-22-14-6)75(80)79(76(67)81)51-52(15-7)35-21-13-5/h41-48,52-54H,9-40,49-51H2,1-8H3. The molecule has 9 rings (SSSR count). The molecular formula is C76H105N3O2S7. The number of thiazole rings is 2. The van der Waals surface area contributed by atoms with Crippen molar-refractivity contribution in [2.75, 3.05) is 6.54 Å². The van der Waals surface area contributed by atoms with Crippen LogP contribution in [-0.4, -0.2) is 33.2 Å². The molecule has 88 heavy (non-hydrogen) atoms. The Morgan fingerprint density at radius 1 is 0.375 bits per heavy atom. The van der Waals surface area contributed by atoms with Gasteiger partial charge in [-0.1, -0.05) is 235 Å². The second kappa shape index (κ2) is 35.6. The molecule has 3 unspecified atom stereocenters. The van der Waals surface area contributed by atoms with Gasteiger partial charge in [-0.3, -0.25) is 14.5 Å². The Hall–Kier alpha value is -3.36. The molecule has 2 amide bonds. The molecule has 1 aliphatic rings. The van der Waals surface area contributed by atoms with Crippen LogP contribution in [0.25, 0.3) is 70.8 Å². The molecule has 8 aromatic rings. The van der Waals surface area contributed by atoms with Crippen LogP contribution in [0.2, 0.25) is 0 Å². The van der Waals surface area contributed by atoms with Crippen molar-refractivity contribution < 1.29 is 9.59 Å². The monoisotopic (exact) mass is 1320 g/mol. The van der Waals surface area contributed by atoms with E-state index in [0.29, 0.717) is 23.6 Å². The van der Waals surface area contributed by atoms with E-state index in [-0.39, 0.29) is 11.8 Å². The smallest absolute Gasteiger partial charge is 0.263 e. The molecule has 0 radical (unpaired) electrons. The lowest BCUT2D eigenvalue weighted by Gasteiger charge is -2.21. The molecule has 8 heterocycles. The number of unbranched alkanes of at least 4 members (excludes halogenated alkanes) is 18. The summed E-state index contributed by atoms with van der Waals surface area (Å²) >= 11 is 13.0. The number of fused-ring (bicyclic) bond motifs is 3. The summed E-state index contributed by atoms with van der Waals surface area (Å²) in [4.78, 5) is 55.1. The molecule has 1 aromatic carbocycles. The molecule has 0 saturated carbocycles. The quantitative estimate of drug-likeness (QED) is 0.0282. The van der Waals surface area contributed by atoms with E-state index in [9.17, 15) is 9.59 Å². The molecule has 1 aliphatic heterocycles. The number of hydrogen-bond acceptors (Lipinski definition) is 11. The molecule has 7 aromatic heterocycles. The first kappa shape index (κ1) is 69.0. The summed E-state index contributed by atoms with van der Waals surface area (Å²) in [5, 5.41) is 2.17. The van der Waals surface area contributed by atoms with E-state index in [2.05, 4.69) is 104 Å². The summed E-state index contributed by atoms with van der Waals surface area (Å²) < 4.78 is 2.39. The number of imide groups is 1. The number of amides is 2. The van der Waals surface area contributed by atoms with E-state index < -0.39 is 0 Å². The second-order valence-corrected chi connectivity index (χ2v) is 33.4. The van der Waals surface area contributed by atoms with E-state index in [1.807, 2.05) is 56.7 Å². The fourth-order valence-corrected chi connectivity index (χ4v) is 21.7. The molecular weight excluding hydrogens is 1210 g/mol. The van der Waals surface area contributed by atoms with Gasteiger partial charge in [-0.05, 0) is 105 Å². The van der Waals surface area contributed by atoms with Crippen molar-refractivity contribution in [3.63, 3.8) is 0 Å². The van der Waals surface area contributed by atoms with E-state index in [1.54, 1.807) is 27.6 Å². The second-order valence-electron chi connectivity index (χ2n) is 25.8. The normalized spacial score (nSPS) is 13.8. The topological polar surface area (TPSA) is 63.2 Å². The largest absolute Gasteiger partial charge is 0.274 e. The number of carbonyl (C=O) groups is 2. The maximum Gasteiger partial charge on any atom is 0.263 e. The number of carbonyl (C=O) groups excluding carboxylic acids is 2. The van der Waals surface area contributed by atoms with Crippen molar-refractivity contribution >= 4 is 112 Å². The zero-order chi connectivity index (χ0) is 61.8. The van der Waals surface area contributed by atoms with E-state index >= 15 is 0 Å². The van der Waals surface area contributed by atoms with Crippen LogP contribution in [-0.2, 0) is 25.7 Å². The van der Waals surface area contributed by atoms with Crippen LogP contribution in [0.3, 0.4) is 0 Å². The highest BCUT2D eigenvalue weighted by molar-refractivity contribution is 7.29. The highest BCUT2D eigenvalue weighted by atomic mass is 32.1. The molecule has 3 atom stereocenters. The van der Waals surface area contributed by atoms with Gasteiger partial charge in [0.1, 0.15) is 10.0 Å². The summed E-state index contributed by atoms with van der Waals surface area (Å²) in [5.74, 6) is 1.56. The molecule has 5 nitrogen and oxygen atoms in total. The molecule has 0 fully saturated rings. The van der Waals surface area contributed by atoms with Crippen LogP contribution in [0.15, 0.2) is 48.5 Å². The average Bonchev–Trinajstić information content (AvgIpc) is 1.63. The lowest BCUT2D eigenvalue weighted by molar-refractivity contribution is 0.0624. The number of thiophene rings is 5. The number of nitrogens with zero attached hydrogens (tertiary/aromatic N) is 3. The SMILES string of the molecule is CCCCCCCCC(CCCCCC)Cc1ccc(-c2nc3c(-c4ccc(-c5sc(CCCC)c6c5C(=O)N(CC(CC)CCCC)C6=O)s4)c4sc(-c5ccc(CC(CCCCCC)CCCCCCCC)s5)nc4c(-c4ccc(CC)s4)c3s2)s1. The first-order valence-corrected chi connectivity index (χ1v) is 41.0. The number of aromatic nitrogens is 2. The van der Waals surface area contributed by atoms with Crippen LogP contribution in [0, 0.1) is 17.8 Å². The van der Waals surface area contributed by atoms with Crippen molar-refractivity contribution in [1.82, 2.24) is 14.9 Å². The molecule has 0 aliphatic carbocycles. The average molecular weight is 1320 g/mol. The van der Waals surface area contributed by atoms with Gasteiger partial charge in [-0.2, -0.15) is 0 Å². The number of hydrogen-bond donors (Lipinski definition) is 0. The first-order valence-electron chi connectivity index (χ1n) is 35.3. The maximum atomic E-state index is 14.9. The van der Waals surface area contributed by atoms with Crippen molar-refractivity contribution in [3.8, 4) is 50.4 Å². The van der Waals surface area contributed by atoms with Crippen molar-refractivity contribution in [1.29, 1.82) is 0 Å². The molecule has 478 valence electrons. The Balaban J connectivity index is 1.14. The fourth-order valence-electron chi connectivity index (χ4n) is 13.4. The van der Waals surface area contributed by atoms with Gasteiger partial charge >= 0.3 is 0 Å². The molecule has 0 bridgehead atoms. The Morgan fingerprint density at radius 2 is 0.784 bits per heavy atom. The number of benzene rings is 1. The van der Waals surface area contributed by atoms with Crippen LogP contribution < -0.4 is 0 Å². The lowest BCUT2D eigenvalue weighted by Crippen LogP contribution is -2.35. The van der Waals surface area contributed by atoms with Crippen LogP contribution >= 0.6 is 79.4 Å².